The molecule has 148 valence electrons. The average molecular weight is 409 g/mol. The minimum absolute atomic E-state index is 0.216. The van der Waals surface area contributed by atoms with Crippen LogP contribution in [0.4, 0.5) is 0 Å². The molecular weight excluding hydrogens is 390 g/mol. The van der Waals surface area contributed by atoms with E-state index in [4.69, 9.17) is 16.3 Å². The molecule has 1 aliphatic rings. The number of morpholine rings is 1. The quantitative estimate of drug-likeness (QED) is 0.344. The topological polar surface area (TPSA) is 130 Å². The van der Waals surface area contributed by atoms with Crippen molar-refractivity contribution in [3.63, 3.8) is 0 Å². The van der Waals surface area contributed by atoms with Gasteiger partial charge in [0.25, 0.3) is 11.5 Å². The largest absolute Gasteiger partial charge is 0.493 e. The SMILES string of the molecule is O=C(C[NH+]1CCOCC1)N/N=C/c1c(O)n(-c2ccc(Cl)cc2)c(=O)[nH]c1=O. The summed E-state index contributed by atoms with van der Waals surface area (Å²) in [6.45, 7) is 2.86. The van der Waals surface area contributed by atoms with Crippen LogP contribution in [0.2, 0.25) is 5.02 Å². The Balaban J connectivity index is 1.78. The van der Waals surface area contributed by atoms with Gasteiger partial charge in [-0.15, -0.1) is 0 Å². The standard InChI is InChI=1S/C17H18ClN5O5/c18-11-1-3-12(4-2-11)23-16(26)13(15(25)20-17(23)27)9-19-21-14(24)10-22-5-7-28-8-6-22/h1-4,9,26H,5-8,10H2,(H,21,24)(H,20,25,27)/p+1/b19-9+. The third-order valence-corrected chi connectivity index (χ3v) is 4.45. The molecule has 10 nitrogen and oxygen atoms in total. The lowest BCUT2D eigenvalue weighted by Gasteiger charge is -2.22. The number of amides is 1. The highest BCUT2D eigenvalue weighted by molar-refractivity contribution is 6.30. The first-order valence-electron chi connectivity index (χ1n) is 8.53. The zero-order valence-corrected chi connectivity index (χ0v) is 15.5. The lowest BCUT2D eigenvalue weighted by atomic mass is 10.3. The Hall–Kier alpha value is -2.95. The number of ether oxygens (including phenoxy) is 1. The van der Waals surface area contributed by atoms with Crippen LogP contribution in [0, 0.1) is 0 Å². The molecule has 0 atom stereocenters. The molecule has 0 saturated carbocycles. The zero-order chi connectivity index (χ0) is 20.1. The van der Waals surface area contributed by atoms with Gasteiger partial charge in [0.15, 0.2) is 6.54 Å². The van der Waals surface area contributed by atoms with E-state index in [-0.39, 0.29) is 18.0 Å². The predicted octanol–water partition coefficient (Wildman–Crippen LogP) is -1.75. The van der Waals surface area contributed by atoms with Crippen LogP contribution < -0.4 is 21.6 Å². The van der Waals surface area contributed by atoms with Crippen LogP contribution >= 0.6 is 11.6 Å². The summed E-state index contributed by atoms with van der Waals surface area (Å²) < 4.78 is 6.13. The van der Waals surface area contributed by atoms with E-state index in [2.05, 4.69) is 15.5 Å². The van der Waals surface area contributed by atoms with Gasteiger partial charge < -0.3 is 14.7 Å². The number of aromatic amines is 1. The van der Waals surface area contributed by atoms with Crippen LogP contribution in [-0.2, 0) is 9.53 Å². The number of carbonyl (C=O) groups excluding carboxylic acids is 1. The van der Waals surface area contributed by atoms with E-state index in [1.165, 1.54) is 24.3 Å². The van der Waals surface area contributed by atoms with Crippen LogP contribution in [0.25, 0.3) is 5.69 Å². The Morgan fingerprint density at radius 3 is 2.68 bits per heavy atom. The van der Waals surface area contributed by atoms with Crippen molar-refractivity contribution < 1.29 is 19.5 Å². The lowest BCUT2D eigenvalue weighted by molar-refractivity contribution is -0.900. The van der Waals surface area contributed by atoms with Gasteiger partial charge in [0.2, 0.25) is 5.88 Å². The van der Waals surface area contributed by atoms with Crippen LogP contribution in [0.5, 0.6) is 5.88 Å². The lowest BCUT2D eigenvalue weighted by Crippen LogP contribution is -3.15. The summed E-state index contributed by atoms with van der Waals surface area (Å²) in [6.07, 6.45) is 0.993. The molecule has 0 radical (unpaired) electrons. The van der Waals surface area contributed by atoms with Gasteiger partial charge in [-0.05, 0) is 24.3 Å². The van der Waals surface area contributed by atoms with Gasteiger partial charge in [-0.25, -0.2) is 14.8 Å². The fourth-order valence-electron chi connectivity index (χ4n) is 2.76. The molecule has 4 N–H and O–H groups in total. The van der Waals surface area contributed by atoms with E-state index < -0.39 is 17.1 Å². The van der Waals surface area contributed by atoms with Crippen LogP contribution in [0.15, 0.2) is 39.0 Å². The van der Waals surface area contributed by atoms with Crippen molar-refractivity contribution in [2.45, 2.75) is 0 Å². The van der Waals surface area contributed by atoms with E-state index >= 15 is 0 Å². The number of halogens is 1. The second kappa shape index (κ2) is 8.83. The molecule has 3 rings (SSSR count). The summed E-state index contributed by atoms with van der Waals surface area (Å²) >= 11 is 5.83. The maximum Gasteiger partial charge on any atom is 0.335 e. The monoisotopic (exact) mass is 408 g/mol. The minimum Gasteiger partial charge on any atom is -0.493 e. The number of nitrogens with one attached hydrogen (secondary N) is 3. The molecular formula is C17H19ClN5O5+. The molecule has 0 spiro atoms. The summed E-state index contributed by atoms with van der Waals surface area (Å²) in [6, 6.07) is 6.09. The average Bonchev–Trinajstić information content (AvgIpc) is 2.66. The van der Waals surface area contributed by atoms with Gasteiger partial charge in [0.1, 0.15) is 18.7 Å². The molecule has 28 heavy (non-hydrogen) atoms. The maximum atomic E-state index is 12.1. The molecule has 1 saturated heterocycles. The molecule has 1 amide bonds. The van der Waals surface area contributed by atoms with Crippen molar-refractivity contribution in [3.05, 3.63) is 55.7 Å². The first kappa shape index (κ1) is 19.8. The van der Waals surface area contributed by atoms with Gasteiger partial charge in [-0.1, -0.05) is 11.6 Å². The van der Waals surface area contributed by atoms with Crippen molar-refractivity contribution >= 4 is 23.7 Å². The number of hydrogen-bond donors (Lipinski definition) is 4. The molecule has 1 fully saturated rings. The van der Waals surface area contributed by atoms with Gasteiger partial charge in [0.05, 0.1) is 25.1 Å². The van der Waals surface area contributed by atoms with E-state index in [0.717, 1.165) is 28.8 Å². The van der Waals surface area contributed by atoms with Crippen molar-refractivity contribution in [2.75, 3.05) is 32.8 Å². The maximum absolute atomic E-state index is 12.1. The Kier molecular flexibility index (Phi) is 6.24. The first-order chi connectivity index (χ1) is 13.5. The molecule has 2 aromatic rings. The van der Waals surface area contributed by atoms with Crippen molar-refractivity contribution in [1.29, 1.82) is 0 Å². The summed E-state index contributed by atoms with van der Waals surface area (Å²) in [5.41, 5.74) is 0.701. The molecule has 0 aliphatic carbocycles. The fourth-order valence-corrected chi connectivity index (χ4v) is 2.88. The smallest absolute Gasteiger partial charge is 0.335 e. The highest BCUT2D eigenvalue weighted by Crippen LogP contribution is 2.17. The van der Waals surface area contributed by atoms with E-state index in [9.17, 15) is 19.5 Å². The Bertz CT molecular complexity index is 992. The molecule has 11 heteroatoms. The summed E-state index contributed by atoms with van der Waals surface area (Å²) in [5, 5.41) is 14.6. The third-order valence-electron chi connectivity index (χ3n) is 4.20. The molecule has 2 heterocycles. The van der Waals surface area contributed by atoms with Crippen LogP contribution in [-0.4, -0.2) is 59.6 Å². The van der Waals surface area contributed by atoms with Gasteiger partial charge in [0, 0.05) is 5.02 Å². The van der Waals surface area contributed by atoms with Crippen LogP contribution in [0.3, 0.4) is 0 Å². The predicted molar refractivity (Wildman–Crippen MR) is 101 cm³/mol. The second-order valence-corrected chi connectivity index (χ2v) is 6.58. The van der Waals surface area contributed by atoms with Crippen LogP contribution in [0.1, 0.15) is 5.56 Å². The Morgan fingerprint density at radius 1 is 1.32 bits per heavy atom. The van der Waals surface area contributed by atoms with Gasteiger partial charge >= 0.3 is 5.69 Å². The first-order valence-corrected chi connectivity index (χ1v) is 8.91. The number of hydrogen-bond acceptors (Lipinski definition) is 6. The number of rotatable bonds is 5. The second-order valence-electron chi connectivity index (χ2n) is 6.14. The summed E-state index contributed by atoms with van der Waals surface area (Å²) in [7, 11) is 0. The molecule has 1 aliphatic heterocycles. The van der Waals surface area contributed by atoms with Crippen molar-refractivity contribution in [1.82, 2.24) is 15.0 Å². The molecule has 1 aromatic heterocycles. The van der Waals surface area contributed by atoms with Gasteiger partial charge in [-0.2, -0.15) is 5.10 Å². The molecule has 0 bridgehead atoms. The molecule has 0 unspecified atom stereocenters. The van der Waals surface area contributed by atoms with Crippen molar-refractivity contribution in [2.24, 2.45) is 5.10 Å². The Labute approximate surface area is 164 Å². The highest BCUT2D eigenvalue weighted by atomic mass is 35.5. The van der Waals surface area contributed by atoms with Crippen molar-refractivity contribution in [3.8, 4) is 11.6 Å². The molecule has 1 aromatic carbocycles. The summed E-state index contributed by atoms with van der Waals surface area (Å²) in [5.74, 6) is -0.942. The number of hydrazone groups is 1. The number of quaternary nitrogens is 1. The fraction of sp³-hybridized carbons (Fsp3) is 0.294. The van der Waals surface area contributed by atoms with Gasteiger partial charge in [-0.3, -0.25) is 14.6 Å². The Morgan fingerprint density at radius 2 is 2.00 bits per heavy atom. The normalized spacial score (nSPS) is 15.0. The van der Waals surface area contributed by atoms with E-state index in [1.54, 1.807) is 0 Å². The zero-order valence-electron chi connectivity index (χ0n) is 14.8. The third kappa shape index (κ3) is 4.66. The highest BCUT2D eigenvalue weighted by Gasteiger charge is 2.18. The number of aromatic nitrogens is 2. The number of nitrogens with zero attached hydrogens (tertiary/aromatic N) is 2. The summed E-state index contributed by atoms with van der Waals surface area (Å²) in [4.78, 5) is 39.2. The number of carbonyl (C=O) groups is 1. The number of aromatic hydroxyl groups is 1. The number of H-pyrrole nitrogens is 1. The number of benzene rings is 1. The van der Waals surface area contributed by atoms with E-state index in [1.807, 2.05) is 0 Å². The minimum atomic E-state index is -0.829. The van der Waals surface area contributed by atoms with E-state index in [0.29, 0.717) is 23.9 Å².